The van der Waals surface area contributed by atoms with E-state index in [1.165, 1.54) is 18.9 Å². The molecule has 0 N–H and O–H groups in total. The van der Waals surface area contributed by atoms with Crippen LogP contribution in [-0.2, 0) is 0 Å². The molecule has 1 aliphatic rings. The normalized spacial score (nSPS) is 23.7. The van der Waals surface area contributed by atoms with Gasteiger partial charge in [-0.2, -0.15) is 0 Å². The first-order chi connectivity index (χ1) is 6.77. The van der Waals surface area contributed by atoms with Gasteiger partial charge in [-0.15, -0.1) is 0 Å². The molecule has 0 spiro atoms. The van der Waals surface area contributed by atoms with E-state index in [0.29, 0.717) is 6.04 Å². The lowest BCUT2D eigenvalue weighted by Crippen LogP contribution is -2.27. The van der Waals surface area contributed by atoms with Crippen molar-refractivity contribution in [1.82, 2.24) is 4.90 Å². The van der Waals surface area contributed by atoms with Crippen LogP contribution in [0.2, 0.25) is 0 Å². The highest BCUT2D eigenvalue weighted by atomic mass is 19.1. The van der Waals surface area contributed by atoms with Gasteiger partial charge in [0.1, 0.15) is 5.82 Å². The fraction of sp³-hybridized carbons (Fsp3) is 0.417. The molecule has 2 heteroatoms. The summed E-state index contributed by atoms with van der Waals surface area (Å²) < 4.78 is 13.0. The Morgan fingerprint density at radius 2 is 2.21 bits per heavy atom. The summed E-state index contributed by atoms with van der Waals surface area (Å²) in [6, 6.07) is 7.16. The Hall–Kier alpha value is -0.890. The van der Waals surface area contributed by atoms with Crippen molar-refractivity contribution in [1.29, 1.82) is 0 Å². The van der Waals surface area contributed by atoms with E-state index in [0.717, 1.165) is 18.5 Å². The van der Waals surface area contributed by atoms with Gasteiger partial charge in [-0.3, -0.25) is 7.05 Å². The standard InChI is InChI=1S/C12H15FN/c1-14-8-3-2-7-12(14)10-5-4-6-11(13)9-10/h4-6,9,12H,1-3,7-8H2/q-1. The van der Waals surface area contributed by atoms with Crippen molar-refractivity contribution in [2.75, 3.05) is 6.54 Å². The van der Waals surface area contributed by atoms with Crippen LogP contribution >= 0.6 is 0 Å². The van der Waals surface area contributed by atoms with E-state index in [4.69, 9.17) is 0 Å². The van der Waals surface area contributed by atoms with Crippen molar-refractivity contribution in [3.05, 3.63) is 42.7 Å². The number of nitrogens with zero attached hydrogens (tertiary/aromatic N) is 1. The van der Waals surface area contributed by atoms with Crippen molar-refractivity contribution in [2.24, 2.45) is 0 Å². The van der Waals surface area contributed by atoms with Gasteiger partial charge in [-0.25, -0.2) is 4.39 Å². The molecule has 0 aliphatic carbocycles. The van der Waals surface area contributed by atoms with Gasteiger partial charge in [-0.1, -0.05) is 18.6 Å². The minimum atomic E-state index is -0.151. The molecule has 0 bridgehead atoms. The average Bonchev–Trinajstić information content (AvgIpc) is 2.18. The third-order valence-electron chi connectivity index (χ3n) is 2.85. The monoisotopic (exact) mass is 192 g/mol. The molecular formula is C12H15FN-. The Bertz CT molecular complexity index is 311. The fourth-order valence-electron chi connectivity index (χ4n) is 2.08. The number of hydrogen-bond donors (Lipinski definition) is 0. The first kappa shape index (κ1) is 9.66. The molecular weight excluding hydrogens is 177 g/mol. The summed E-state index contributed by atoms with van der Waals surface area (Å²) >= 11 is 0. The molecule has 1 atom stereocenters. The van der Waals surface area contributed by atoms with Crippen molar-refractivity contribution < 1.29 is 4.39 Å². The van der Waals surface area contributed by atoms with Crippen LogP contribution in [0.5, 0.6) is 0 Å². The topological polar surface area (TPSA) is 3.24 Å². The molecule has 1 fully saturated rings. The van der Waals surface area contributed by atoms with E-state index in [2.05, 4.69) is 11.9 Å². The zero-order valence-electron chi connectivity index (χ0n) is 8.25. The molecule has 1 aromatic carbocycles. The van der Waals surface area contributed by atoms with Crippen LogP contribution in [0.15, 0.2) is 24.3 Å². The molecule has 2 rings (SSSR count). The van der Waals surface area contributed by atoms with E-state index >= 15 is 0 Å². The molecule has 76 valence electrons. The molecule has 1 nitrogen and oxygen atoms in total. The number of hydrogen-bond acceptors (Lipinski definition) is 1. The van der Waals surface area contributed by atoms with Gasteiger partial charge in [-0.05, 0) is 37.1 Å². The minimum Gasteiger partial charge on any atom is -0.453 e. The Balaban J connectivity index is 2.20. The summed E-state index contributed by atoms with van der Waals surface area (Å²) in [5, 5.41) is 0. The number of halogens is 1. The molecule has 0 amide bonds. The predicted octanol–water partition coefficient (Wildman–Crippen LogP) is 3.14. The quantitative estimate of drug-likeness (QED) is 0.618. The van der Waals surface area contributed by atoms with E-state index in [9.17, 15) is 4.39 Å². The highest BCUT2D eigenvalue weighted by Crippen LogP contribution is 2.29. The number of benzene rings is 1. The van der Waals surface area contributed by atoms with Crippen molar-refractivity contribution in [3.63, 3.8) is 0 Å². The summed E-state index contributed by atoms with van der Waals surface area (Å²) in [6.07, 6.45) is 3.51. The van der Waals surface area contributed by atoms with Gasteiger partial charge < -0.3 is 4.90 Å². The minimum absolute atomic E-state index is 0.151. The van der Waals surface area contributed by atoms with Crippen molar-refractivity contribution >= 4 is 0 Å². The Kier molecular flexibility index (Phi) is 2.82. The molecule has 0 radical (unpaired) electrons. The van der Waals surface area contributed by atoms with Crippen LogP contribution in [-0.4, -0.2) is 11.4 Å². The Labute approximate surface area is 84.5 Å². The number of rotatable bonds is 1. The van der Waals surface area contributed by atoms with Crippen LogP contribution in [0.25, 0.3) is 0 Å². The zero-order chi connectivity index (χ0) is 9.97. The first-order valence-corrected chi connectivity index (χ1v) is 5.10. The molecule has 1 aromatic rings. The second kappa shape index (κ2) is 4.09. The molecule has 0 saturated carbocycles. The van der Waals surface area contributed by atoms with Gasteiger partial charge in [0, 0.05) is 6.04 Å². The van der Waals surface area contributed by atoms with Gasteiger partial charge in [0.2, 0.25) is 0 Å². The molecule has 1 aliphatic heterocycles. The summed E-state index contributed by atoms with van der Waals surface area (Å²) in [5.74, 6) is -0.151. The summed E-state index contributed by atoms with van der Waals surface area (Å²) in [5.41, 5.74) is 1.06. The maximum absolute atomic E-state index is 13.0. The first-order valence-electron chi connectivity index (χ1n) is 5.10. The van der Waals surface area contributed by atoms with Gasteiger partial charge in [0.05, 0.1) is 0 Å². The van der Waals surface area contributed by atoms with Crippen molar-refractivity contribution in [2.45, 2.75) is 25.3 Å². The Morgan fingerprint density at radius 3 is 2.93 bits per heavy atom. The summed E-state index contributed by atoms with van der Waals surface area (Å²) in [4.78, 5) is 2.07. The van der Waals surface area contributed by atoms with Crippen LogP contribution in [0, 0.1) is 12.9 Å². The lowest BCUT2D eigenvalue weighted by Gasteiger charge is -2.39. The van der Waals surface area contributed by atoms with Crippen LogP contribution < -0.4 is 0 Å². The third-order valence-corrected chi connectivity index (χ3v) is 2.85. The van der Waals surface area contributed by atoms with Gasteiger partial charge in [0.15, 0.2) is 0 Å². The molecule has 0 aromatic heterocycles. The van der Waals surface area contributed by atoms with E-state index < -0.39 is 0 Å². The number of likely N-dealkylation sites (tertiary alicyclic amines) is 1. The zero-order valence-corrected chi connectivity index (χ0v) is 8.25. The molecule has 1 heterocycles. The van der Waals surface area contributed by atoms with E-state index in [1.807, 2.05) is 6.07 Å². The third kappa shape index (κ3) is 1.95. The highest BCUT2D eigenvalue weighted by molar-refractivity contribution is 5.20. The van der Waals surface area contributed by atoms with Gasteiger partial charge >= 0.3 is 0 Å². The highest BCUT2D eigenvalue weighted by Gasteiger charge is 2.16. The van der Waals surface area contributed by atoms with Crippen LogP contribution in [0.3, 0.4) is 0 Å². The molecule has 14 heavy (non-hydrogen) atoms. The second-order valence-corrected chi connectivity index (χ2v) is 3.88. The maximum Gasteiger partial charge on any atom is 0.123 e. The van der Waals surface area contributed by atoms with E-state index in [1.54, 1.807) is 12.1 Å². The predicted molar refractivity (Wildman–Crippen MR) is 55.1 cm³/mol. The van der Waals surface area contributed by atoms with E-state index in [-0.39, 0.29) is 5.82 Å². The van der Waals surface area contributed by atoms with Gasteiger partial charge in [0.25, 0.3) is 0 Å². The lowest BCUT2D eigenvalue weighted by molar-refractivity contribution is 0.211. The smallest absolute Gasteiger partial charge is 0.123 e. The second-order valence-electron chi connectivity index (χ2n) is 3.88. The molecule has 1 unspecified atom stereocenters. The summed E-state index contributed by atoms with van der Waals surface area (Å²) in [7, 11) is 4.00. The summed E-state index contributed by atoms with van der Waals surface area (Å²) in [6.45, 7) is 1.02. The van der Waals surface area contributed by atoms with Crippen molar-refractivity contribution in [3.8, 4) is 0 Å². The van der Waals surface area contributed by atoms with Crippen LogP contribution in [0.1, 0.15) is 30.9 Å². The number of piperidine rings is 1. The fourth-order valence-corrected chi connectivity index (χ4v) is 2.08. The maximum atomic E-state index is 13.0. The SMILES string of the molecule is [CH2-]N1CCCCC1c1cccc(F)c1. The van der Waals surface area contributed by atoms with Crippen LogP contribution in [0.4, 0.5) is 4.39 Å². The molecule has 1 saturated heterocycles. The Morgan fingerprint density at radius 1 is 1.36 bits per heavy atom. The largest absolute Gasteiger partial charge is 0.453 e. The lowest BCUT2D eigenvalue weighted by atomic mass is 9.96. The average molecular weight is 192 g/mol.